The molecule has 0 fully saturated rings. The molecule has 0 unspecified atom stereocenters. The van der Waals surface area contributed by atoms with Crippen LogP contribution in [0.3, 0.4) is 0 Å². The standard InChI is InChI=1S/C20H29F3O3/c1-17(24)26-19(20(21,22)23)14-10-5-3-2-4-6-11-15-25-16-18-12-8-7-9-13-18/h7-9,12-13,19H,2-6,10-11,14-16H2,1H3/t19-/m1/s1. The number of hydrogen-bond donors (Lipinski definition) is 0. The number of hydrogen-bond acceptors (Lipinski definition) is 3. The monoisotopic (exact) mass is 374 g/mol. The molecule has 0 amide bonds. The van der Waals surface area contributed by atoms with Crippen LogP contribution in [0, 0.1) is 0 Å². The van der Waals surface area contributed by atoms with E-state index in [1.54, 1.807) is 0 Å². The van der Waals surface area contributed by atoms with Gasteiger partial charge in [-0.25, -0.2) is 0 Å². The van der Waals surface area contributed by atoms with E-state index in [-0.39, 0.29) is 6.42 Å². The predicted molar refractivity (Wildman–Crippen MR) is 94.6 cm³/mol. The van der Waals surface area contributed by atoms with Crippen LogP contribution in [-0.4, -0.2) is 24.9 Å². The van der Waals surface area contributed by atoms with Gasteiger partial charge in [0.05, 0.1) is 6.61 Å². The molecule has 0 aromatic heterocycles. The summed E-state index contributed by atoms with van der Waals surface area (Å²) in [6, 6.07) is 10.0. The summed E-state index contributed by atoms with van der Waals surface area (Å²) >= 11 is 0. The number of carbonyl (C=O) groups excluding carboxylic acids is 1. The van der Waals surface area contributed by atoms with Gasteiger partial charge >= 0.3 is 12.1 Å². The van der Waals surface area contributed by atoms with Crippen molar-refractivity contribution in [3.63, 3.8) is 0 Å². The predicted octanol–water partition coefficient (Wildman–Crippen LogP) is 5.82. The molecule has 1 aromatic rings. The Kier molecular flexibility index (Phi) is 11.0. The first-order valence-electron chi connectivity index (χ1n) is 9.25. The Labute approximate surface area is 153 Å². The minimum Gasteiger partial charge on any atom is -0.453 e. The van der Waals surface area contributed by atoms with Crippen LogP contribution < -0.4 is 0 Å². The highest BCUT2D eigenvalue weighted by Crippen LogP contribution is 2.27. The Morgan fingerprint density at radius 1 is 0.962 bits per heavy atom. The van der Waals surface area contributed by atoms with Gasteiger partial charge in [0.25, 0.3) is 0 Å². The van der Waals surface area contributed by atoms with E-state index in [0.29, 0.717) is 13.0 Å². The average Bonchev–Trinajstić information content (AvgIpc) is 2.58. The van der Waals surface area contributed by atoms with Crippen molar-refractivity contribution in [1.29, 1.82) is 0 Å². The summed E-state index contributed by atoms with van der Waals surface area (Å²) in [5.41, 5.74) is 1.17. The maximum absolute atomic E-state index is 12.7. The number of unbranched alkanes of at least 4 members (excludes halogenated alkanes) is 6. The van der Waals surface area contributed by atoms with Crippen LogP contribution in [0.1, 0.15) is 63.9 Å². The maximum Gasteiger partial charge on any atom is 0.425 e. The van der Waals surface area contributed by atoms with Crippen LogP contribution in [0.2, 0.25) is 0 Å². The topological polar surface area (TPSA) is 35.5 Å². The number of benzene rings is 1. The fourth-order valence-electron chi connectivity index (χ4n) is 2.67. The van der Waals surface area contributed by atoms with Crippen molar-refractivity contribution in [2.45, 2.75) is 77.2 Å². The Morgan fingerprint density at radius 2 is 1.54 bits per heavy atom. The van der Waals surface area contributed by atoms with Gasteiger partial charge in [-0.3, -0.25) is 4.79 Å². The summed E-state index contributed by atoms with van der Waals surface area (Å²) in [4.78, 5) is 10.7. The Hall–Kier alpha value is -1.56. The first-order chi connectivity index (χ1) is 12.4. The van der Waals surface area contributed by atoms with E-state index in [1.165, 1.54) is 5.56 Å². The van der Waals surface area contributed by atoms with Crippen LogP contribution in [0.25, 0.3) is 0 Å². The lowest BCUT2D eigenvalue weighted by molar-refractivity contribution is -0.221. The minimum absolute atomic E-state index is 0.156. The van der Waals surface area contributed by atoms with Crippen molar-refractivity contribution in [3.05, 3.63) is 35.9 Å². The van der Waals surface area contributed by atoms with Gasteiger partial charge in [-0.2, -0.15) is 13.2 Å². The Morgan fingerprint density at radius 3 is 2.12 bits per heavy atom. The number of halogens is 3. The molecule has 0 aliphatic heterocycles. The zero-order valence-electron chi connectivity index (χ0n) is 15.4. The second-order valence-corrected chi connectivity index (χ2v) is 6.44. The van der Waals surface area contributed by atoms with Crippen molar-refractivity contribution in [2.24, 2.45) is 0 Å². The normalized spacial score (nSPS) is 12.8. The van der Waals surface area contributed by atoms with Crippen molar-refractivity contribution >= 4 is 5.97 Å². The molecule has 26 heavy (non-hydrogen) atoms. The molecular weight excluding hydrogens is 345 g/mol. The lowest BCUT2D eigenvalue weighted by Gasteiger charge is -2.19. The molecule has 3 nitrogen and oxygen atoms in total. The molecule has 0 N–H and O–H groups in total. The van der Waals surface area contributed by atoms with Gasteiger partial charge < -0.3 is 9.47 Å². The van der Waals surface area contributed by atoms with E-state index < -0.39 is 18.2 Å². The molecule has 0 aliphatic rings. The average molecular weight is 374 g/mol. The number of esters is 1. The van der Waals surface area contributed by atoms with Gasteiger partial charge in [-0.05, 0) is 24.8 Å². The first-order valence-corrected chi connectivity index (χ1v) is 9.25. The summed E-state index contributed by atoms with van der Waals surface area (Å²) in [6.45, 7) is 2.36. The van der Waals surface area contributed by atoms with E-state index in [1.807, 2.05) is 30.3 Å². The fraction of sp³-hybridized carbons (Fsp3) is 0.650. The Bertz CT molecular complexity index is 489. The fourth-order valence-corrected chi connectivity index (χ4v) is 2.67. The SMILES string of the molecule is CC(=O)O[C@H](CCCCCCCCCOCc1ccccc1)C(F)(F)F. The summed E-state index contributed by atoms with van der Waals surface area (Å²) in [5, 5.41) is 0. The Balaban J connectivity index is 1.94. The zero-order chi connectivity index (χ0) is 19.3. The van der Waals surface area contributed by atoms with Crippen molar-refractivity contribution in [1.82, 2.24) is 0 Å². The van der Waals surface area contributed by atoms with Crippen LogP contribution in [0.4, 0.5) is 13.2 Å². The third-order valence-electron chi connectivity index (χ3n) is 4.04. The van der Waals surface area contributed by atoms with Crippen molar-refractivity contribution in [2.75, 3.05) is 6.61 Å². The van der Waals surface area contributed by atoms with Gasteiger partial charge in [-0.1, -0.05) is 62.4 Å². The van der Waals surface area contributed by atoms with Crippen LogP contribution in [0.15, 0.2) is 30.3 Å². The van der Waals surface area contributed by atoms with Crippen LogP contribution >= 0.6 is 0 Å². The zero-order valence-corrected chi connectivity index (χ0v) is 15.4. The molecule has 0 radical (unpaired) electrons. The molecule has 0 saturated heterocycles. The van der Waals surface area contributed by atoms with Crippen LogP contribution in [0.5, 0.6) is 0 Å². The molecule has 148 valence electrons. The molecule has 1 aromatic carbocycles. The molecule has 0 spiro atoms. The van der Waals surface area contributed by atoms with Crippen molar-refractivity contribution in [3.8, 4) is 0 Å². The molecule has 1 rings (SSSR count). The highest BCUT2D eigenvalue weighted by Gasteiger charge is 2.41. The molecule has 6 heteroatoms. The highest BCUT2D eigenvalue weighted by molar-refractivity contribution is 5.66. The van der Waals surface area contributed by atoms with Crippen LogP contribution in [-0.2, 0) is 20.9 Å². The molecule has 1 atom stereocenters. The smallest absolute Gasteiger partial charge is 0.425 e. The van der Waals surface area contributed by atoms with E-state index in [2.05, 4.69) is 4.74 Å². The quantitative estimate of drug-likeness (QED) is 0.322. The van der Waals surface area contributed by atoms with Crippen molar-refractivity contribution < 1.29 is 27.4 Å². The summed E-state index contributed by atoms with van der Waals surface area (Å²) in [6.07, 6.45) is -0.456. The summed E-state index contributed by atoms with van der Waals surface area (Å²) < 4.78 is 48.0. The van der Waals surface area contributed by atoms with Gasteiger partial charge in [-0.15, -0.1) is 0 Å². The van der Waals surface area contributed by atoms with E-state index >= 15 is 0 Å². The second kappa shape index (κ2) is 12.7. The van der Waals surface area contributed by atoms with Gasteiger partial charge in [0.15, 0.2) is 6.10 Å². The molecule has 0 saturated carbocycles. The van der Waals surface area contributed by atoms with E-state index in [0.717, 1.165) is 52.1 Å². The molecule has 0 heterocycles. The number of alkyl halides is 3. The lowest BCUT2D eigenvalue weighted by Crippen LogP contribution is -2.33. The lowest BCUT2D eigenvalue weighted by atomic mass is 10.1. The maximum atomic E-state index is 12.7. The summed E-state index contributed by atoms with van der Waals surface area (Å²) in [7, 11) is 0. The van der Waals surface area contributed by atoms with Gasteiger partial charge in [0.2, 0.25) is 0 Å². The minimum atomic E-state index is -4.48. The molecule has 0 aliphatic carbocycles. The number of carbonyl (C=O) groups is 1. The highest BCUT2D eigenvalue weighted by atomic mass is 19.4. The van der Waals surface area contributed by atoms with Gasteiger partial charge in [0.1, 0.15) is 0 Å². The van der Waals surface area contributed by atoms with Gasteiger partial charge in [0, 0.05) is 13.5 Å². The second-order valence-electron chi connectivity index (χ2n) is 6.44. The number of rotatable bonds is 13. The van der Waals surface area contributed by atoms with E-state index in [9.17, 15) is 18.0 Å². The first kappa shape index (κ1) is 22.5. The van der Waals surface area contributed by atoms with E-state index in [4.69, 9.17) is 4.74 Å². The molecule has 0 bridgehead atoms. The number of ether oxygens (including phenoxy) is 2. The third kappa shape index (κ3) is 11.1. The summed E-state index contributed by atoms with van der Waals surface area (Å²) in [5.74, 6) is -0.887. The molecular formula is C20H29F3O3. The third-order valence-corrected chi connectivity index (χ3v) is 4.04. The largest absolute Gasteiger partial charge is 0.453 e.